The molecule has 0 spiro atoms. The topological polar surface area (TPSA) is 75.7 Å². The van der Waals surface area contributed by atoms with Gasteiger partial charge in [-0.05, 0) is 49.6 Å². The van der Waals surface area contributed by atoms with E-state index in [1.165, 1.54) is 27.6 Å². The fourth-order valence-electron chi connectivity index (χ4n) is 4.64. The molecule has 0 bridgehead atoms. The van der Waals surface area contributed by atoms with Crippen LogP contribution in [0.2, 0.25) is 5.02 Å². The van der Waals surface area contributed by atoms with Gasteiger partial charge >= 0.3 is 0 Å². The van der Waals surface area contributed by atoms with Gasteiger partial charge in [0.05, 0.1) is 17.2 Å². The number of ether oxygens (including phenoxy) is 1. The van der Waals surface area contributed by atoms with Crippen molar-refractivity contribution in [1.29, 1.82) is 0 Å². The number of carbonyl (C=O) groups excluding carboxylic acids is 1. The zero-order valence-electron chi connectivity index (χ0n) is 20.4. The van der Waals surface area contributed by atoms with Crippen LogP contribution in [0.3, 0.4) is 0 Å². The van der Waals surface area contributed by atoms with Crippen molar-refractivity contribution in [2.24, 2.45) is 0 Å². The summed E-state index contributed by atoms with van der Waals surface area (Å²) in [6, 6.07) is 24.7. The van der Waals surface area contributed by atoms with Crippen LogP contribution >= 0.6 is 11.6 Å². The van der Waals surface area contributed by atoms with E-state index in [-0.39, 0.29) is 52.6 Å². The number of nitrogens with zero attached hydrogens (tertiary/aromatic N) is 1. The minimum absolute atomic E-state index is 0.0652. The van der Waals surface area contributed by atoms with E-state index in [0.29, 0.717) is 13.0 Å². The zero-order valence-corrected chi connectivity index (χ0v) is 22.0. The summed E-state index contributed by atoms with van der Waals surface area (Å²) >= 11 is 6.29. The molecular weight excluding hydrogens is 496 g/mol. The molecule has 36 heavy (non-hydrogen) atoms. The van der Waals surface area contributed by atoms with Gasteiger partial charge in [-0.2, -0.15) is 4.31 Å². The smallest absolute Gasteiger partial charge is 0.251 e. The summed E-state index contributed by atoms with van der Waals surface area (Å²) in [6.45, 7) is 4.57. The van der Waals surface area contributed by atoms with Crippen molar-refractivity contribution in [2.75, 3.05) is 19.6 Å². The van der Waals surface area contributed by atoms with Crippen LogP contribution in [0, 0.1) is 0 Å². The van der Waals surface area contributed by atoms with Crippen molar-refractivity contribution in [3.05, 3.63) is 101 Å². The fraction of sp³-hybridized carbons (Fsp3) is 0.321. The van der Waals surface area contributed by atoms with Gasteiger partial charge < -0.3 is 10.1 Å². The highest BCUT2D eigenvalue weighted by atomic mass is 35.5. The van der Waals surface area contributed by atoms with E-state index in [2.05, 4.69) is 29.6 Å². The van der Waals surface area contributed by atoms with Crippen LogP contribution in [0.25, 0.3) is 0 Å². The first kappa shape index (κ1) is 26.4. The maximum atomic E-state index is 13.3. The van der Waals surface area contributed by atoms with Crippen molar-refractivity contribution < 1.29 is 17.9 Å². The van der Waals surface area contributed by atoms with E-state index >= 15 is 0 Å². The third-order valence-electron chi connectivity index (χ3n) is 6.32. The molecule has 3 aromatic carbocycles. The highest BCUT2D eigenvalue weighted by Crippen LogP contribution is 2.29. The maximum Gasteiger partial charge on any atom is 0.251 e. The molecule has 1 fully saturated rings. The summed E-state index contributed by atoms with van der Waals surface area (Å²) in [5, 5.41) is 3.04. The third kappa shape index (κ3) is 6.16. The second-order valence-electron chi connectivity index (χ2n) is 9.14. The number of amides is 1. The lowest BCUT2D eigenvalue weighted by molar-refractivity contribution is -0.0440. The molecule has 2 atom stereocenters. The Balaban J connectivity index is 1.48. The van der Waals surface area contributed by atoms with Gasteiger partial charge in [-0.25, -0.2) is 8.42 Å². The number of benzene rings is 3. The van der Waals surface area contributed by atoms with Crippen molar-refractivity contribution in [3.8, 4) is 0 Å². The van der Waals surface area contributed by atoms with Crippen molar-refractivity contribution in [3.63, 3.8) is 0 Å². The Morgan fingerprint density at radius 3 is 2.08 bits per heavy atom. The predicted octanol–water partition coefficient (Wildman–Crippen LogP) is 5.09. The van der Waals surface area contributed by atoms with Crippen molar-refractivity contribution in [1.82, 2.24) is 9.62 Å². The number of carbonyl (C=O) groups is 1. The molecule has 0 radical (unpaired) electrons. The average Bonchev–Trinajstić information content (AvgIpc) is 2.87. The standard InChI is InChI=1S/C28H31ClN2O4S/c1-20-18-31(19-21(2)35-20)36(33,34)27-17-24(13-14-26(27)29)28(32)30-16-15-25(22-9-5-3-6-10-22)23-11-7-4-8-12-23/h3-14,17,20-21,25H,15-16,18-19H2,1-2H3,(H,30,32)/t20-,21-/m0/s1. The fourth-order valence-corrected chi connectivity index (χ4v) is 6.73. The summed E-state index contributed by atoms with van der Waals surface area (Å²) < 4.78 is 33.7. The number of halogens is 1. The number of nitrogens with one attached hydrogen (secondary N) is 1. The van der Waals surface area contributed by atoms with Crippen molar-refractivity contribution >= 4 is 27.5 Å². The first-order valence-electron chi connectivity index (χ1n) is 12.1. The highest BCUT2D eigenvalue weighted by molar-refractivity contribution is 7.89. The van der Waals surface area contributed by atoms with Crippen LogP contribution in [0.15, 0.2) is 83.8 Å². The molecule has 8 heteroatoms. The van der Waals surface area contributed by atoms with Gasteiger partial charge in [-0.1, -0.05) is 72.3 Å². The van der Waals surface area contributed by atoms with Gasteiger partial charge in [-0.15, -0.1) is 0 Å². The first-order chi connectivity index (χ1) is 17.3. The van der Waals surface area contributed by atoms with Gasteiger partial charge in [-0.3, -0.25) is 4.79 Å². The number of rotatable bonds is 8. The van der Waals surface area contributed by atoms with Crippen LogP contribution < -0.4 is 5.32 Å². The zero-order chi connectivity index (χ0) is 25.7. The molecular formula is C28H31ClN2O4S. The molecule has 1 heterocycles. The Hall–Kier alpha value is -2.71. The molecule has 1 N–H and O–H groups in total. The second-order valence-corrected chi connectivity index (χ2v) is 11.5. The minimum Gasteiger partial charge on any atom is -0.373 e. The molecule has 0 saturated carbocycles. The Bertz CT molecular complexity index is 1240. The van der Waals surface area contributed by atoms with Crippen LogP contribution in [0.5, 0.6) is 0 Å². The lowest BCUT2D eigenvalue weighted by Crippen LogP contribution is -2.48. The van der Waals surface area contributed by atoms with Gasteiger partial charge in [0, 0.05) is 31.1 Å². The second kappa shape index (κ2) is 11.6. The lowest BCUT2D eigenvalue weighted by Gasteiger charge is -2.34. The van der Waals surface area contributed by atoms with Crippen LogP contribution in [-0.4, -0.2) is 50.5 Å². The van der Waals surface area contributed by atoms with Gasteiger partial charge in [0.15, 0.2) is 0 Å². The molecule has 1 saturated heterocycles. The summed E-state index contributed by atoms with van der Waals surface area (Å²) in [5.41, 5.74) is 2.60. The molecule has 1 aliphatic rings. The Morgan fingerprint density at radius 1 is 0.972 bits per heavy atom. The quantitative estimate of drug-likeness (QED) is 0.443. The SMILES string of the molecule is C[C@H]1CN(S(=O)(=O)c2cc(C(=O)NCCC(c3ccccc3)c3ccccc3)ccc2Cl)C[C@H](C)O1. The van der Waals surface area contributed by atoms with Gasteiger partial charge in [0.25, 0.3) is 5.91 Å². The highest BCUT2D eigenvalue weighted by Gasteiger charge is 2.34. The molecule has 1 aliphatic heterocycles. The first-order valence-corrected chi connectivity index (χ1v) is 13.9. The summed E-state index contributed by atoms with van der Waals surface area (Å²) in [4.78, 5) is 12.9. The van der Waals surface area contributed by atoms with Gasteiger partial charge in [0.2, 0.25) is 10.0 Å². The van der Waals surface area contributed by atoms with Gasteiger partial charge in [0.1, 0.15) is 4.90 Å². The molecule has 1 amide bonds. The van der Waals surface area contributed by atoms with E-state index in [1.54, 1.807) is 6.07 Å². The monoisotopic (exact) mass is 526 g/mol. The molecule has 0 unspecified atom stereocenters. The number of hydrogen-bond donors (Lipinski definition) is 1. The summed E-state index contributed by atoms with van der Waals surface area (Å²) in [7, 11) is -3.88. The molecule has 0 aliphatic carbocycles. The Morgan fingerprint density at radius 2 is 1.53 bits per heavy atom. The van der Waals surface area contributed by atoms with E-state index < -0.39 is 10.0 Å². The molecule has 190 valence electrons. The molecule has 6 nitrogen and oxygen atoms in total. The van der Waals surface area contributed by atoms with Crippen LogP contribution in [0.1, 0.15) is 47.7 Å². The number of hydrogen-bond acceptors (Lipinski definition) is 4. The Labute approximate surface area is 218 Å². The molecule has 3 aromatic rings. The minimum atomic E-state index is -3.88. The van der Waals surface area contributed by atoms with E-state index in [0.717, 1.165) is 0 Å². The number of morpholine rings is 1. The Kier molecular flexibility index (Phi) is 8.46. The van der Waals surface area contributed by atoms with Crippen LogP contribution in [0.4, 0.5) is 0 Å². The largest absolute Gasteiger partial charge is 0.373 e. The maximum absolute atomic E-state index is 13.3. The van der Waals surface area contributed by atoms with E-state index in [1.807, 2.05) is 50.2 Å². The summed E-state index contributed by atoms with van der Waals surface area (Å²) in [6.07, 6.45) is 0.245. The predicted molar refractivity (Wildman–Crippen MR) is 142 cm³/mol. The third-order valence-corrected chi connectivity index (χ3v) is 8.63. The average molecular weight is 527 g/mol. The summed E-state index contributed by atoms with van der Waals surface area (Å²) in [5.74, 6) is -0.217. The molecule has 4 rings (SSSR count). The van der Waals surface area contributed by atoms with E-state index in [4.69, 9.17) is 16.3 Å². The van der Waals surface area contributed by atoms with E-state index in [9.17, 15) is 13.2 Å². The van der Waals surface area contributed by atoms with Crippen LogP contribution in [-0.2, 0) is 14.8 Å². The van der Waals surface area contributed by atoms with Crippen molar-refractivity contribution in [2.45, 2.75) is 43.3 Å². The lowest BCUT2D eigenvalue weighted by atomic mass is 9.88. The normalized spacial score (nSPS) is 18.8. The number of sulfonamides is 1. The molecule has 0 aromatic heterocycles.